The number of hydrogen-bond donors (Lipinski definition) is 0. The van der Waals surface area contributed by atoms with Crippen molar-refractivity contribution in [2.45, 2.75) is 354 Å². The molecule has 0 fully saturated rings. The number of hydrogen-bond acceptors (Lipinski definition) is 6. The molecule has 6 heteroatoms. The van der Waals surface area contributed by atoms with Crippen molar-refractivity contribution < 1.29 is 28.6 Å². The molecule has 74 heavy (non-hydrogen) atoms. The van der Waals surface area contributed by atoms with Crippen molar-refractivity contribution in [1.29, 1.82) is 0 Å². The number of carbonyl (C=O) groups is 3. The number of esters is 3. The van der Waals surface area contributed by atoms with E-state index in [0.717, 1.165) is 96.3 Å². The largest absolute Gasteiger partial charge is 0.462 e. The maximum atomic E-state index is 12.9. The minimum absolute atomic E-state index is 0.0776. The first kappa shape index (κ1) is 71.4. The summed E-state index contributed by atoms with van der Waals surface area (Å²) in [6.45, 7) is 6.59. The van der Waals surface area contributed by atoms with Gasteiger partial charge in [-0.1, -0.05) is 301 Å². The highest BCUT2D eigenvalue weighted by atomic mass is 16.6. The highest BCUT2D eigenvalue weighted by Gasteiger charge is 2.19. The third kappa shape index (κ3) is 60.2. The Hall–Kier alpha value is -2.63. The molecule has 0 saturated carbocycles. The van der Waals surface area contributed by atoms with Gasteiger partial charge in [-0.2, -0.15) is 0 Å². The van der Waals surface area contributed by atoms with E-state index in [0.29, 0.717) is 19.3 Å². The standard InChI is InChI=1S/C68H124O6/c1-4-7-10-13-16-19-22-25-27-29-30-31-32-33-34-35-36-37-39-40-43-46-49-52-55-58-61-67(70)73-64-65(63-72-66(69)60-57-54-51-48-45-42-24-21-18-15-12-9-6-3)74-68(71)62-59-56-53-50-47-44-41-38-28-26-23-20-17-14-11-8-5-2/h12,15,17,20-21,24,26,28,65H,4-11,13-14,16,18-19,22-23,25,27,29-64H2,1-3H3/b15-12-,20-17-,24-21-,28-26-. The van der Waals surface area contributed by atoms with E-state index in [1.54, 1.807) is 0 Å². The fraction of sp³-hybridized carbons (Fsp3) is 0.838. The van der Waals surface area contributed by atoms with Gasteiger partial charge in [0.25, 0.3) is 0 Å². The Morgan fingerprint density at radius 1 is 0.270 bits per heavy atom. The Morgan fingerprint density at radius 3 is 0.824 bits per heavy atom. The van der Waals surface area contributed by atoms with Crippen molar-refractivity contribution in [3.63, 3.8) is 0 Å². The Balaban J connectivity index is 4.23. The van der Waals surface area contributed by atoms with Gasteiger partial charge in [0.2, 0.25) is 0 Å². The van der Waals surface area contributed by atoms with Gasteiger partial charge in [-0.15, -0.1) is 0 Å². The quantitative estimate of drug-likeness (QED) is 0.0261. The third-order valence-corrected chi connectivity index (χ3v) is 14.5. The molecule has 0 N–H and O–H groups in total. The number of carbonyl (C=O) groups excluding carboxylic acids is 3. The molecule has 0 aromatic carbocycles. The molecular formula is C68H124O6. The molecule has 0 spiro atoms. The minimum atomic E-state index is -0.782. The van der Waals surface area contributed by atoms with Gasteiger partial charge in [-0.25, -0.2) is 0 Å². The lowest BCUT2D eigenvalue weighted by atomic mass is 10.0. The first-order chi connectivity index (χ1) is 36.5. The summed E-state index contributed by atoms with van der Waals surface area (Å²) in [4.78, 5) is 38.3. The van der Waals surface area contributed by atoms with Crippen LogP contribution in [-0.4, -0.2) is 37.2 Å². The molecule has 0 aromatic rings. The van der Waals surface area contributed by atoms with Crippen molar-refractivity contribution in [2.24, 2.45) is 0 Å². The van der Waals surface area contributed by atoms with Gasteiger partial charge in [0, 0.05) is 19.3 Å². The molecule has 0 aromatic heterocycles. The van der Waals surface area contributed by atoms with Crippen molar-refractivity contribution in [3.8, 4) is 0 Å². The fourth-order valence-electron chi connectivity index (χ4n) is 9.63. The molecule has 1 atom stereocenters. The Kier molecular flexibility index (Phi) is 60.7. The Bertz CT molecular complexity index is 1280. The first-order valence-corrected chi connectivity index (χ1v) is 32.6. The summed E-state index contributed by atoms with van der Waals surface area (Å²) in [6, 6.07) is 0. The summed E-state index contributed by atoms with van der Waals surface area (Å²) >= 11 is 0. The SMILES string of the molecule is CCC/C=C\C/C=C\CCCCCCCC(=O)OCC(COC(=O)CCCCCCCCCCCCCCCCCCCCCCCCCCCC)OC(=O)CCCCCCCCC/C=C\C/C=C\CCCCC. The average molecular weight is 1040 g/mol. The van der Waals surface area contributed by atoms with Crippen molar-refractivity contribution in [2.75, 3.05) is 13.2 Å². The second-order valence-electron chi connectivity index (χ2n) is 22.0. The summed E-state index contributed by atoms with van der Waals surface area (Å²) in [7, 11) is 0. The maximum Gasteiger partial charge on any atom is 0.306 e. The highest BCUT2D eigenvalue weighted by molar-refractivity contribution is 5.71. The summed E-state index contributed by atoms with van der Waals surface area (Å²) < 4.78 is 16.9. The molecular weight excluding hydrogens is 913 g/mol. The predicted molar refractivity (Wildman–Crippen MR) is 321 cm³/mol. The van der Waals surface area contributed by atoms with E-state index in [9.17, 15) is 14.4 Å². The number of unbranched alkanes of at least 4 members (excludes halogenated alkanes) is 41. The number of allylic oxidation sites excluding steroid dienone is 8. The van der Waals surface area contributed by atoms with Gasteiger partial charge in [-0.3, -0.25) is 14.4 Å². The lowest BCUT2D eigenvalue weighted by Crippen LogP contribution is -2.30. The summed E-state index contributed by atoms with van der Waals surface area (Å²) in [5.41, 5.74) is 0. The molecule has 0 aliphatic heterocycles. The maximum absolute atomic E-state index is 12.9. The van der Waals surface area contributed by atoms with Crippen LogP contribution in [0.2, 0.25) is 0 Å². The van der Waals surface area contributed by atoms with Gasteiger partial charge in [0.05, 0.1) is 0 Å². The second-order valence-corrected chi connectivity index (χ2v) is 22.0. The topological polar surface area (TPSA) is 78.9 Å². The molecule has 0 heterocycles. The number of rotatable bonds is 60. The van der Waals surface area contributed by atoms with Crippen LogP contribution < -0.4 is 0 Å². The first-order valence-electron chi connectivity index (χ1n) is 32.6. The second kappa shape index (κ2) is 62.9. The van der Waals surface area contributed by atoms with Crippen LogP contribution in [0.25, 0.3) is 0 Å². The predicted octanol–water partition coefficient (Wildman–Crippen LogP) is 22.2. The van der Waals surface area contributed by atoms with Crippen LogP contribution in [0.1, 0.15) is 348 Å². The molecule has 0 amide bonds. The Morgan fingerprint density at radius 2 is 0.514 bits per heavy atom. The summed E-state index contributed by atoms with van der Waals surface area (Å²) in [5.74, 6) is -0.881. The van der Waals surface area contributed by atoms with E-state index >= 15 is 0 Å². The molecule has 0 radical (unpaired) electrons. The monoisotopic (exact) mass is 1040 g/mol. The van der Waals surface area contributed by atoms with Crippen LogP contribution in [0.3, 0.4) is 0 Å². The average Bonchev–Trinajstić information content (AvgIpc) is 3.40. The third-order valence-electron chi connectivity index (χ3n) is 14.5. The smallest absolute Gasteiger partial charge is 0.306 e. The van der Waals surface area contributed by atoms with Crippen LogP contribution in [0.5, 0.6) is 0 Å². The van der Waals surface area contributed by atoms with Crippen LogP contribution in [0.15, 0.2) is 48.6 Å². The lowest BCUT2D eigenvalue weighted by Gasteiger charge is -2.18. The van der Waals surface area contributed by atoms with Crippen LogP contribution in [0.4, 0.5) is 0 Å². The normalized spacial score (nSPS) is 12.3. The van der Waals surface area contributed by atoms with Crippen molar-refractivity contribution in [3.05, 3.63) is 48.6 Å². The van der Waals surface area contributed by atoms with Gasteiger partial charge >= 0.3 is 17.9 Å². The zero-order chi connectivity index (χ0) is 53.6. The molecule has 0 aliphatic rings. The van der Waals surface area contributed by atoms with Gasteiger partial charge in [0.15, 0.2) is 6.10 Å². The van der Waals surface area contributed by atoms with Gasteiger partial charge < -0.3 is 14.2 Å². The van der Waals surface area contributed by atoms with Crippen molar-refractivity contribution in [1.82, 2.24) is 0 Å². The zero-order valence-electron chi connectivity index (χ0n) is 49.6. The van der Waals surface area contributed by atoms with Crippen molar-refractivity contribution >= 4 is 17.9 Å². The Labute approximate surface area is 460 Å². The van der Waals surface area contributed by atoms with E-state index in [1.807, 2.05) is 0 Å². The summed E-state index contributed by atoms with van der Waals surface area (Å²) in [5, 5.41) is 0. The van der Waals surface area contributed by atoms with Crippen LogP contribution >= 0.6 is 0 Å². The number of ether oxygens (including phenoxy) is 3. The molecule has 432 valence electrons. The summed E-state index contributed by atoms with van der Waals surface area (Å²) in [6.07, 6.45) is 78.4. The highest BCUT2D eigenvalue weighted by Crippen LogP contribution is 2.18. The van der Waals surface area contributed by atoms with Crippen LogP contribution in [0, 0.1) is 0 Å². The lowest BCUT2D eigenvalue weighted by molar-refractivity contribution is -0.167. The molecule has 0 saturated heterocycles. The van der Waals surface area contributed by atoms with E-state index < -0.39 is 6.10 Å². The van der Waals surface area contributed by atoms with E-state index in [-0.39, 0.29) is 31.1 Å². The molecule has 1 unspecified atom stereocenters. The van der Waals surface area contributed by atoms with E-state index in [1.165, 1.54) is 212 Å². The van der Waals surface area contributed by atoms with Crippen LogP contribution in [-0.2, 0) is 28.6 Å². The molecule has 6 nitrogen and oxygen atoms in total. The van der Waals surface area contributed by atoms with E-state index in [4.69, 9.17) is 14.2 Å². The minimum Gasteiger partial charge on any atom is -0.462 e. The van der Waals surface area contributed by atoms with E-state index in [2.05, 4.69) is 69.4 Å². The molecule has 0 bridgehead atoms. The zero-order valence-corrected chi connectivity index (χ0v) is 49.6. The van der Waals surface area contributed by atoms with Gasteiger partial charge in [-0.05, 0) is 77.0 Å². The van der Waals surface area contributed by atoms with Gasteiger partial charge in [0.1, 0.15) is 13.2 Å². The fourth-order valence-corrected chi connectivity index (χ4v) is 9.63. The molecule has 0 aliphatic carbocycles. The molecule has 0 rings (SSSR count).